The quantitative estimate of drug-likeness (QED) is 0.461. The molecule has 0 aliphatic carbocycles. The summed E-state index contributed by atoms with van der Waals surface area (Å²) in [5, 5.41) is 0.685. The zero-order valence-electron chi connectivity index (χ0n) is 15.5. The molecule has 4 nitrogen and oxygen atoms in total. The normalized spacial score (nSPS) is 11.1. The second-order valence-corrected chi connectivity index (χ2v) is 7.69. The molecule has 0 saturated heterocycles. The summed E-state index contributed by atoms with van der Waals surface area (Å²) in [4.78, 5) is 19.8. The summed E-state index contributed by atoms with van der Waals surface area (Å²) < 4.78 is 6.62. The number of rotatable bonds is 4. The van der Waals surface area contributed by atoms with Crippen molar-refractivity contribution in [3.05, 3.63) is 82.8 Å². The minimum Gasteiger partial charge on any atom is -0.467 e. The lowest BCUT2D eigenvalue weighted by molar-refractivity contribution is 0.0983. The van der Waals surface area contributed by atoms with Crippen molar-refractivity contribution in [1.29, 1.82) is 0 Å². The zero-order valence-corrected chi connectivity index (χ0v) is 16.3. The molecule has 0 fully saturated rings. The van der Waals surface area contributed by atoms with E-state index in [1.807, 2.05) is 50.2 Å². The fourth-order valence-corrected chi connectivity index (χ4v) is 4.19. The molecular weight excluding hydrogens is 356 g/mol. The first-order chi connectivity index (χ1) is 13.0. The third-order valence-corrected chi connectivity index (χ3v) is 5.78. The molecule has 4 rings (SSSR count). The van der Waals surface area contributed by atoms with Gasteiger partial charge in [-0.1, -0.05) is 41.2 Å². The highest BCUT2D eigenvalue weighted by Gasteiger charge is 2.23. The molecule has 136 valence electrons. The number of aryl methyl sites for hydroxylation is 3. The summed E-state index contributed by atoms with van der Waals surface area (Å²) in [5.74, 6) is 0.646. The van der Waals surface area contributed by atoms with Crippen LogP contribution in [0.15, 0.2) is 59.2 Å². The highest BCUT2D eigenvalue weighted by atomic mass is 32.1. The molecule has 0 atom stereocenters. The average molecular weight is 376 g/mol. The molecule has 0 bridgehead atoms. The number of benzene rings is 2. The zero-order chi connectivity index (χ0) is 19.0. The van der Waals surface area contributed by atoms with Crippen molar-refractivity contribution >= 4 is 32.6 Å². The van der Waals surface area contributed by atoms with E-state index in [4.69, 9.17) is 9.40 Å². The molecular formula is C22H20N2O2S. The van der Waals surface area contributed by atoms with Gasteiger partial charge in [0.1, 0.15) is 5.76 Å². The third kappa shape index (κ3) is 3.38. The molecule has 0 N–H and O–H groups in total. The Morgan fingerprint density at radius 2 is 1.89 bits per heavy atom. The van der Waals surface area contributed by atoms with Crippen LogP contribution in [0.25, 0.3) is 10.2 Å². The first kappa shape index (κ1) is 17.5. The second-order valence-electron chi connectivity index (χ2n) is 6.71. The first-order valence-corrected chi connectivity index (χ1v) is 9.62. The van der Waals surface area contributed by atoms with Gasteiger partial charge in [0.05, 0.1) is 23.0 Å². The van der Waals surface area contributed by atoms with Crippen molar-refractivity contribution in [2.24, 2.45) is 0 Å². The number of anilines is 1. The fraction of sp³-hybridized carbons (Fsp3) is 0.182. The van der Waals surface area contributed by atoms with Crippen LogP contribution in [-0.4, -0.2) is 10.9 Å². The van der Waals surface area contributed by atoms with Crippen LogP contribution in [0.3, 0.4) is 0 Å². The maximum Gasteiger partial charge on any atom is 0.260 e. The Bertz CT molecular complexity index is 1070. The first-order valence-electron chi connectivity index (χ1n) is 8.80. The van der Waals surface area contributed by atoms with Crippen LogP contribution in [0.1, 0.15) is 32.8 Å². The molecule has 0 aliphatic heterocycles. The molecule has 0 radical (unpaired) electrons. The Kier molecular flexibility index (Phi) is 4.54. The number of thiazole rings is 1. The van der Waals surface area contributed by atoms with Crippen LogP contribution in [0.2, 0.25) is 0 Å². The summed E-state index contributed by atoms with van der Waals surface area (Å²) >= 11 is 1.55. The van der Waals surface area contributed by atoms with Crippen molar-refractivity contribution in [1.82, 2.24) is 4.98 Å². The number of amides is 1. The van der Waals surface area contributed by atoms with Gasteiger partial charge >= 0.3 is 0 Å². The molecule has 0 aliphatic rings. The summed E-state index contributed by atoms with van der Waals surface area (Å²) in [6.07, 6.45) is 1.62. The van der Waals surface area contributed by atoms with Gasteiger partial charge in [0.25, 0.3) is 5.91 Å². The van der Waals surface area contributed by atoms with Crippen molar-refractivity contribution in [2.45, 2.75) is 27.3 Å². The van der Waals surface area contributed by atoms with E-state index >= 15 is 0 Å². The fourth-order valence-electron chi connectivity index (χ4n) is 3.08. The van der Waals surface area contributed by atoms with E-state index in [1.165, 1.54) is 5.56 Å². The van der Waals surface area contributed by atoms with Crippen molar-refractivity contribution in [3.8, 4) is 0 Å². The van der Waals surface area contributed by atoms with Crippen LogP contribution in [0.4, 0.5) is 5.13 Å². The van der Waals surface area contributed by atoms with Gasteiger partial charge in [0.15, 0.2) is 5.13 Å². The molecule has 0 saturated carbocycles. The number of carbonyl (C=O) groups excluding carboxylic acids is 1. The van der Waals surface area contributed by atoms with Crippen molar-refractivity contribution in [3.63, 3.8) is 0 Å². The van der Waals surface area contributed by atoms with Crippen LogP contribution in [0, 0.1) is 20.8 Å². The summed E-state index contributed by atoms with van der Waals surface area (Å²) in [7, 11) is 0. The number of carbonyl (C=O) groups is 1. The van der Waals surface area contributed by atoms with E-state index < -0.39 is 0 Å². The van der Waals surface area contributed by atoms with E-state index in [2.05, 4.69) is 19.1 Å². The molecule has 2 aromatic heterocycles. The average Bonchev–Trinajstić information content (AvgIpc) is 3.32. The maximum atomic E-state index is 13.3. The lowest BCUT2D eigenvalue weighted by Crippen LogP contribution is -2.30. The van der Waals surface area contributed by atoms with E-state index in [0.29, 0.717) is 17.2 Å². The van der Waals surface area contributed by atoms with Gasteiger partial charge in [0.2, 0.25) is 0 Å². The smallest absolute Gasteiger partial charge is 0.260 e. The SMILES string of the molecule is Cc1cccc(C(=O)N(Cc2ccco2)c2nc3c(C)ccc(C)c3s2)c1. The number of hydrogen-bond acceptors (Lipinski definition) is 4. The summed E-state index contributed by atoms with van der Waals surface area (Å²) in [6.45, 7) is 6.45. The van der Waals surface area contributed by atoms with Gasteiger partial charge in [0, 0.05) is 5.56 Å². The van der Waals surface area contributed by atoms with E-state index in [9.17, 15) is 4.79 Å². The Balaban J connectivity index is 1.82. The van der Waals surface area contributed by atoms with Crippen LogP contribution in [0.5, 0.6) is 0 Å². The van der Waals surface area contributed by atoms with Crippen LogP contribution >= 0.6 is 11.3 Å². The van der Waals surface area contributed by atoms with Gasteiger partial charge in [-0.3, -0.25) is 9.69 Å². The lowest BCUT2D eigenvalue weighted by atomic mass is 10.1. The third-order valence-electron chi connectivity index (χ3n) is 4.57. The molecule has 0 spiro atoms. The minimum atomic E-state index is -0.0792. The second kappa shape index (κ2) is 7.00. The lowest BCUT2D eigenvalue weighted by Gasteiger charge is -2.19. The number of fused-ring (bicyclic) bond motifs is 1. The minimum absolute atomic E-state index is 0.0792. The van der Waals surface area contributed by atoms with Crippen molar-refractivity contribution < 1.29 is 9.21 Å². The Morgan fingerprint density at radius 1 is 1.07 bits per heavy atom. The van der Waals surface area contributed by atoms with Crippen LogP contribution in [-0.2, 0) is 6.54 Å². The molecule has 0 unspecified atom stereocenters. The van der Waals surface area contributed by atoms with E-state index in [1.54, 1.807) is 22.5 Å². The molecule has 1 amide bonds. The van der Waals surface area contributed by atoms with Gasteiger partial charge in [-0.25, -0.2) is 4.98 Å². The van der Waals surface area contributed by atoms with E-state index in [0.717, 1.165) is 27.1 Å². The molecule has 2 aromatic carbocycles. The number of hydrogen-bond donors (Lipinski definition) is 0. The number of furan rings is 1. The molecule has 2 heterocycles. The maximum absolute atomic E-state index is 13.3. The van der Waals surface area contributed by atoms with Gasteiger partial charge in [-0.15, -0.1) is 0 Å². The Morgan fingerprint density at radius 3 is 2.59 bits per heavy atom. The van der Waals surface area contributed by atoms with Gasteiger partial charge in [-0.2, -0.15) is 0 Å². The van der Waals surface area contributed by atoms with Gasteiger partial charge < -0.3 is 4.42 Å². The highest BCUT2D eigenvalue weighted by molar-refractivity contribution is 7.22. The van der Waals surface area contributed by atoms with E-state index in [-0.39, 0.29) is 5.91 Å². The summed E-state index contributed by atoms with van der Waals surface area (Å²) in [5.41, 5.74) is 4.93. The Hall–Kier alpha value is -2.92. The summed E-state index contributed by atoms with van der Waals surface area (Å²) in [6, 6.07) is 15.5. The van der Waals surface area contributed by atoms with Gasteiger partial charge in [-0.05, 0) is 56.2 Å². The molecule has 27 heavy (non-hydrogen) atoms. The standard InChI is InChI=1S/C22H20N2O2S/c1-14-6-4-7-17(12-14)21(25)24(13-18-8-5-11-26-18)22-23-19-15(2)9-10-16(3)20(19)27-22/h4-12H,13H2,1-3H3. The largest absolute Gasteiger partial charge is 0.467 e. The monoisotopic (exact) mass is 376 g/mol. The number of nitrogens with zero attached hydrogens (tertiary/aromatic N) is 2. The molecule has 4 aromatic rings. The topological polar surface area (TPSA) is 46.3 Å². The molecule has 5 heteroatoms. The Labute approximate surface area is 162 Å². The predicted molar refractivity (Wildman–Crippen MR) is 109 cm³/mol. The number of aromatic nitrogens is 1. The van der Waals surface area contributed by atoms with Crippen molar-refractivity contribution in [2.75, 3.05) is 4.90 Å². The predicted octanol–water partition coefficient (Wildman–Crippen LogP) is 5.66. The highest BCUT2D eigenvalue weighted by Crippen LogP contribution is 2.34. The van der Waals surface area contributed by atoms with Crippen LogP contribution < -0.4 is 4.90 Å².